The van der Waals surface area contributed by atoms with Gasteiger partial charge in [0.25, 0.3) is 0 Å². The lowest BCUT2D eigenvalue weighted by Gasteiger charge is -2.28. The van der Waals surface area contributed by atoms with Crippen molar-refractivity contribution in [2.45, 2.75) is 19.3 Å². The molecule has 1 aliphatic heterocycles. The number of para-hydroxylation sites is 1. The second kappa shape index (κ2) is 4.43. The van der Waals surface area contributed by atoms with Crippen LogP contribution in [0.3, 0.4) is 0 Å². The Kier molecular flexibility index (Phi) is 3.13. The van der Waals surface area contributed by atoms with E-state index in [0.717, 1.165) is 10.5 Å². The SMILES string of the molecule is O=C1CCCc2ccccc2N1C[B-](F)(F)F. The van der Waals surface area contributed by atoms with E-state index in [1.54, 1.807) is 24.3 Å². The average Bonchev–Trinajstić information content (AvgIpc) is 2.38. The molecule has 1 aromatic rings. The molecule has 0 unspecified atom stereocenters. The first-order valence-corrected chi connectivity index (χ1v) is 5.56. The van der Waals surface area contributed by atoms with Crippen LogP contribution in [-0.4, -0.2) is 19.3 Å². The molecule has 92 valence electrons. The van der Waals surface area contributed by atoms with E-state index >= 15 is 0 Å². The molecular weight excluding hydrogens is 230 g/mol. The standard InChI is InChI=1S/C11H12BF3NO/c13-12(14,15)8-16-10-6-2-1-4-9(10)5-3-7-11(16)17/h1-2,4,6H,3,5,7-8H2/q-1. The first-order valence-electron chi connectivity index (χ1n) is 5.56. The zero-order valence-corrected chi connectivity index (χ0v) is 9.20. The van der Waals surface area contributed by atoms with Crippen LogP contribution in [0.25, 0.3) is 0 Å². The number of hydrogen-bond donors (Lipinski definition) is 0. The quantitative estimate of drug-likeness (QED) is 0.730. The Hall–Kier alpha value is -1.46. The van der Waals surface area contributed by atoms with Crippen molar-refractivity contribution in [2.75, 3.05) is 11.3 Å². The second-order valence-corrected chi connectivity index (χ2v) is 4.20. The molecule has 0 spiro atoms. The Bertz CT molecular complexity index is 433. The molecule has 1 aromatic carbocycles. The maximum absolute atomic E-state index is 12.5. The highest BCUT2D eigenvalue weighted by Crippen LogP contribution is 2.28. The van der Waals surface area contributed by atoms with Gasteiger partial charge in [-0.3, -0.25) is 4.79 Å². The first kappa shape index (κ1) is 12.0. The van der Waals surface area contributed by atoms with E-state index in [0.29, 0.717) is 18.5 Å². The molecule has 0 aromatic heterocycles. The molecule has 0 aliphatic carbocycles. The van der Waals surface area contributed by atoms with Crippen LogP contribution in [0.1, 0.15) is 18.4 Å². The van der Waals surface area contributed by atoms with Crippen LogP contribution in [0.5, 0.6) is 0 Å². The van der Waals surface area contributed by atoms with Gasteiger partial charge < -0.3 is 17.8 Å². The lowest BCUT2D eigenvalue weighted by molar-refractivity contribution is -0.118. The molecule has 2 rings (SSSR count). The molecule has 0 fully saturated rings. The molecule has 1 heterocycles. The third-order valence-electron chi connectivity index (χ3n) is 2.81. The minimum absolute atomic E-state index is 0.181. The summed E-state index contributed by atoms with van der Waals surface area (Å²) < 4.78 is 37.5. The fourth-order valence-corrected chi connectivity index (χ4v) is 2.09. The number of amides is 1. The predicted octanol–water partition coefficient (Wildman–Crippen LogP) is 2.74. The molecular formula is C11H12BF3NO-. The van der Waals surface area contributed by atoms with E-state index < -0.39 is 19.3 Å². The first-order chi connectivity index (χ1) is 7.97. The summed E-state index contributed by atoms with van der Waals surface area (Å²) in [7, 11) is 0. The Labute approximate surface area is 97.5 Å². The van der Waals surface area contributed by atoms with Gasteiger partial charge in [-0.05, 0) is 30.9 Å². The van der Waals surface area contributed by atoms with E-state index in [1.807, 2.05) is 0 Å². The Morgan fingerprint density at radius 3 is 2.59 bits per heavy atom. The van der Waals surface area contributed by atoms with Gasteiger partial charge in [0.15, 0.2) is 0 Å². The molecule has 2 nitrogen and oxygen atoms in total. The van der Waals surface area contributed by atoms with Crippen molar-refractivity contribution >= 4 is 18.6 Å². The number of carbonyl (C=O) groups excluding carboxylic acids is 1. The summed E-state index contributed by atoms with van der Waals surface area (Å²) in [5, 5.41) is 0. The van der Waals surface area contributed by atoms with Crippen LogP contribution in [0, 0.1) is 0 Å². The van der Waals surface area contributed by atoms with Crippen LogP contribution >= 0.6 is 0 Å². The van der Waals surface area contributed by atoms with Gasteiger partial charge in [-0.1, -0.05) is 18.2 Å². The highest BCUT2D eigenvalue weighted by molar-refractivity contribution is 6.59. The Balaban J connectivity index is 2.37. The summed E-state index contributed by atoms with van der Waals surface area (Å²) >= 11 is 0. The molecule has 0 saturated carbocycles. The van der Waals surface area contributed by atoms with Gasteiger partial charge in [0.05, 0.1) is 0 Å². The van der Waals surface area contributed by atoms with Gasteiger partial charge in [0.2, 0.25) is 5.91 Å². The third kappa shape index (κ3) is 2.81. The molecule has 0 saturated heterocycles. The number of fused-ring (bicyclic) bond motifs is 1. The van der Waals surface area contributed by atoms with Crippen molar-refractivity contribution in [3.63, 3.8) is 0 Å². The van der Waals surface area contributed by atoms with Crippen molar-refractivity contribution in [1.82, 2.24) is 0 Å². The van der Waals surface area contributed by atoms with Crippen LogP contribution in [0.4, 0.5) is 18.6 Å². The zero-order valence-electron chi connectivity index (χ0n) is 9.20. The van der Waals surface area contributed by atoms with E-state index in [-0.39, 0.29) is 6.42 Å². The van der Waals surface area contributed by atoms with Crippen LogP contribution in [0.2, 0.25) is 0 Å². The van der Waals surface area contributed by atoms with Gasteiger partial charge in [-0.15, -0.1) is 0 Å². The maximum atomic E-state index is 12.5. The predicted molar refractivity (Wildman–Crippen MR) is 60.8 cm³/mol. The molecule has 1 aliphatic rings. The number of hydrogen-bond acceptors (Lipinski definition) is 1. The molecule has 0 bridgehead atoms. The average molecular weight is 242 g/mol. The summed E-state index contributed by atoms with van der Waals surface area (Å²) in [5.74, 6) is -0.436. The lowest BCUT2D eigenvalue weighted by atomic mass is 9.90. The van der Waals surface area contributed by atoms with E-state index in [4.69, 9.17) is 0 Å². The van der Waals surface area contributed by atoms with Crippen LogP contribution in [0.15, 0.2) is 24.3 Å². The number of rotatable bonds is 2. The van der Waals surface area contributed by atoms with Crippen molar-refractivity contribution in [3.05, 3.63) is 29.8 Å². The lowest BCUT2D eigenvalue weighted by Crippen LogP contribution is -2.41. The number of carbonyl (C=O) groups is 1. The maximum Gasteiger partial charge on any atom is 0.497 e. The third-order valence-corrected chi connectivity index (χ3v) is 2.81. The van der Waals surface area contributed by atoms with E-state index in [2.05, 4.69) is 0 Å². The van der Waals surface area contributed by atoms with Gasteiger partial charge in [-0.25, -0.2) is 0 Å². The monoisotopic (exact) mass is 242 g/mol. The Morgan fingerprint density at radius 2 is 1.88 bits per heavy atom. The summed E-state index contributed by atoms with van der Waals surface area (Å²) in [5.41, 5.74) is 1.23. The number of benzene rings is 1. The van der Waals surface area contributed by atoms with E-state index in [1.165, 1.54) is 0 Å². The molecule has 6 heteroatoms. The topological polar surface area (TPSA) is 20.3 Å². The molecule has 17 heavy (non-hydrogen) atoms. The summed E-state index contributed by atoms with van der Waals surface area (Å²) in [4.78, 5) is 12.6. The normalized spacial score (nSPS) is 16.6. The summed E-state index contributed by atoms with van der Waals surface area (Å²) in [6.45, 7) is -5.00. The van der Waals surface area contributed by atoms with Gasteiger partial charge in [-0.2, -0.15) is 0 Å². The second-order valence-electron chi connectivity index (χ2n) is 4.20. The number of aryl methyl sites for hydroxylation is 1. The molecule has 0 atom stereocenters. The van der Waals surface area contributed by atoms with Gasteiger partial charge in [0.1, 0.15) is 0 Å². The minimum Gasteiger partial charge on any atom is -0.448 e. The fourth-order valence-electron chi connectivity index (χ4n) is 2.09. The van der Waals surface area contributed by atoms with Crippen molar-refractivity contribution in [1.29, 1.82) is 0 Å². The number of halogens is 3. The van der Waals surface area contributed by atoms with Crippen molar-refractivity contribution in [2.24, 2.45) is 0 Å². The van der Waals surface area contributed by atoms with E-state index in [9.17, 15) is 17.7 Å². The number of nitrogens with zero attached hydrogens (tertiary/aromatic N) is 1. The summed E-state index contributed by atoms with van der Waals surface area (Å²) in [6, 6.07) is 6.81. The smallest absolute Gasteiger partial charge is 0.448 e. The molecule has 0 radical (unpaired) electrons. The van der Waals surface area contributed by atoms with Gasteiger partial charge in [0, 0.05) is 12.1 Å². The highest BCUT2D eigenvalue weighted by atomic mass is 19.4. The van der Waals surface area contributed by atoms with Crippen molar-refractivity contribution in [3.8, 4) is 0 Å². The van der Waals surface area contributed by atoms with Crippen LogP contribution < -0.4 is 4.90 Å². The highest BCUT2D eigenvalue weighted by Gasteiger charge is 2.31. The fraction of sp³-hybridized carbons (Fsp3) is 0.364. The van der Waals surface area contributed by atoms with Crippen LogP contribution in [-0.2, 0) is 11.2 Å². The largest absolute Gasteiger partial charge is 0.497 e. The zero-order chi connectivity index (χ0) is 12.5. The van der Waals surface area contributed by atoms with Gasteiger partial charge >= 0.3 is 6.98 Å². The Morgan fingerprint density at radius 1 is 1.18 bits per heavy atom. The summed E-state index contributed by atoms with van der Waals surface area (Å²) in [6.07, 6.45) is 0.303. The van der Waals surface area contributed by atoms with Crippen molar-refractivity contribution < 1.29 is 17.7 Å². The molecule has 1 amide bonds. The molecule has 0 N–H and O–H groups in total. The minimum atomic E-state index is -5.00. The number of anilines is 1.